The highest BCUT2D eigenvalue weighted by Crippen LogP contribution is 2.44. The van der Waals surface area contributed by atoms with E-state index >= 15 is 0 Å². The Labute approximate surface area is 295 Å². The molecule has 0 fully saturated rings. The van der Waals surface area contributed by atoms with Crippen molar-refractivity contribution in [2.75, 3.05) is 0 Å². The van der Waals surface area contributed by atoms with Gasteiger partial charge in [0.05, 0.1) is 16.7 Å². The minimum absolute atomic E-state index is 0.878. The van der Waals surface area contributed by atoms with Crippen LogP contribution in [0.15, 0.2) is 188 Å². The summed E-state index contributed by atoms with van der Waals surface area (Å²) in [6, 6.07) is 62.8. The molecule has 0 saturated heterocycles. The maximum Gasteiger partial charge on any atom is 0.138 e. The van der Waals surface area contributed by atoms with Crippen LogP contribution in [0.25, 0.3) is 93.8 Å². The van der Waals surface area contributed by atoms with Crippen LogP contribution in [0.2, 0.25) is 0 Å². The molecule has 3 aromatic heterocycles. The van der Waals surface area contributed by atoms with E-state index in [0.29, 0.717) is 0 Å². The van der Waals surface area contributed by atoms with Crippen molar-refractivity contribution in [2.24, 2.45) is 0 Å². The van der Waals surface area contributed by atoms with Gasteiger partial charge in [-0.15, -0.1) is 0 Å². The molecule has 51 heavy (non-hydrogen) atoms. The lowest BCUT2D eigenvalue weighted by atomic mass is 9.86. The minimum Gasteiger partial charge on any atom is -0.294 e. The van der Waals surface area contributed by atoms with Crippen LogP contribution in [0.5, 0.6) is 0 Å². The summed E-state index contributed by atoms with van der Waals surface area (Å²) in [5, 5.41) is 7.29. The summed E-state index contributed by atoms with van der Waals surface area (Å²) in [5.74, 6) is 0.878. The van der Waals surface area contributed by atoms with Crippen LogP contribution in [-0.4, -0.2) is 14.5 Å². The highest BCUT2D eigenvalue weighted by Gasteiger charge is 2.18. The number of rotatable bonds is 5. The molecule has 0 aliphatic rings. The van der Waals surface area contributed by atoms with Crippen LogP contribution >= 0.6 is 0 Å². The molecule has 3 nitrogen and oxygen atoms in total. The second kappa shape index (κ2) is 11.9. The fourth-order valence-electron chi connectivity index (χ4n) is 7.79. The Morgan fingerprint density at radius 1 is 0.353 bits per heavy atom. The zero-order chi connectivity index (χ0) is 33.7. The molecule has 7 aromatic carbocycles. The van der Waals surface area contributed by atoms with Crippen LogP contribution in [0.3, 0.4) is 0 Å². The van der Waals surface area contributed by atoms with Gasteiger partial charge < -0.3 is 0 Å². The summed E-state index contributed by atoms with van der Waals surface area (Å²) < 4.78 is 2.26. The molecule has 0 aliphatic carbocycles. The summed E-state index contributed by atoms with van der Waals surface area (Å²) in [7, 11) is 0. The molecule has 0 spiro atoms. The van der Waals surface area contributed by atoms with Crippen molar-refractivity contribution in [3.05, 3.63) is 188 Å². The Kier molecular flexibility index (Phi) is 6.81. The predicted octanol–water partition coefficient (Wildman–Crippen LogP) is 12.5. The topological polar surface area (TPSA) is 30.7 Å². The molecule has 0 radical (unpaired) electrons. The summed E-state index contributed by atoms with van der Waals surface area (Å²) in [6.45, 7) is 0. The smallest absolute Gasteiger partial charge is 0.138 e. The van der Waals surface area contributed by atoms with Gasteiger partial charge in [0.25, 0.3) is 0 Å². The number of hydrogen-bond acceptors (Lipinski definition) is 2. The number of fused-ring (bicyclic) bond motifs is 5. The Balaban J connectivity index is 1.09. The second-order valence-corrected chi connectivity index (χ2v) is 13.0. The maximum absolute atomic E-state index is 5.26. The molecular weight excluding hydrogens is 619 g/mol. The largest absolute Gasteiger partial charge is 0.294 e. The van der Waals surface area contributed by atoms with Gasteiger partial charge >= 0.3 is 0 Å². The zero-order valence-electron chi connectivity index (χ0n) is 27.7. The third kappa shape index (κ3) is 4.82. The van der Waals surface area contributed by atoms with Gasteiger partial charge in [-0.25, -0.2) is 4.98 Å². The molecule has 0 atom stereocenters. The molecule has 0 bridgehead atoms. The first-order chi connectivity index (χ1) is 25.3. The van der Waals surface area contributed by atoms with Crippen LogP contribution in [0.1, 0.15) is 0 Å². The third-order valence-electron chi connectivity index (χ3n) is 10.1. The van der Waals surface area contributed by atoms with E-state index in [-0.39, 0.29) is 0 Å². The molecule has 0 saturated carbocycles. The lowest BCUT2D eigenvalue weighted by molar-refractivity contribution is 1.08. The van der Waals surface area contributed by atoms with Gasteiger partial charge in [-0.1, -0.05) is 146 Å². The van der Waals surface area contributed by atoms with Crippen LogP contribution < -0.4 is 0 Å². The molecule has 0 N–H and O–H groups in total. The Morgan fingerprint density at radius 3 is 1.53 bits per heavy atom. The molecular formula is C48H31N3. The van der Waals surface area contributed by atoms with E-state index in [1.54, 1.807) is 0 Å². The molecule has 0 aliphatic heterocycles. The van der Waals surface area contributed by atoms with E-state index in [1.807, 2.05) is 12.4 Å². The van der Waals surface area contributed by atoms with E-state index in [4.69, 9.17) is 4.98 Å². The first-order valence-electron chi connectivity index (χ1n) is 17.3. The normalized spacial score (nSPS) is 11.5. The highest BCUT2D eigenvalue weighted by molar-refractivity contribution is 6.21. The van der Waals surface area contributed by atoms with E-state index in [0.717, 1.165) is 38.9 Å². The van der Waals surface area contributed by atoms with Gasteiger partial charge in [0, 0.05) is 28.7 Å². The van der Waals surface area contributed by atoms with Crippen molar-refractivity contribution < 1.29 is 0 Å². The Morgan fingerprint density at radius 2 is 0.882 bits per heavy atom. The fourth-order valence-corrected chi connectivity index (χ4v) is 7.79. The average molecular weight is 650 g/mol. The molecule has 238 valence electrons. The number of pyridine rings is 2. The zero-order valence-corrected chi connectivity index (χ0v) is 27.7. The van der Waals surface area contributed by atoms with E-state index < -0.39 is 0 Å². The van der Waals surface area contributed by atoms with Crippen LogP contribution in [-0.2, 0) is 0 Å². The van der Waals surface area contributed by atoms with Crippen LogP contribution in [0.4, 0.5) is 0 Å². The van der Waals surface area contributed by atoms with Gasteiger partial charge in [-0.3, -0.25) is 9.55 Å². The number of hydrogen-bond donors (Lipinski definition) is 0. The lowest BCUT2D eigenvalue weighted by Crippen LogP contribution is -1.98. The second-order valence-electron chi connectivity index (χ2n) is 13.0. The standard InChI is InChI=1S/C48H31N3/c1-3-12-32(13-4-1)36-26-27-44-41(30-36)42-31-49-29-28-45(42)51(44)46-21-11-20-43(50-46)33-22-24-35(25-23-33)48-39-18-9-7-16-37(39)47(34-14-5-2-6-15-34)38-17-8-10-19-40(38)48/h1-31H. The average Bonchev–Trinajstić information content (AvgIpc) is 3.54. The van der Waals surface area contributed by atoms with Crippen molar-refractivity contribution in [2.45, 2.75) is 0 Å². The minimum atomic E-state index is 0.878. The van der Waals surface area contributed by atoms with Crippen molar-refractivity contribution >= 4 is 43.4 Å². The van der Waals surface area contributed by atoms with E-state index in [2.05, 4.69) is 185 Å². The summed E-state index contributed by atoms with van der Waals surface area (Å²) in [6.07, 6.45) is 3.82. The number of aromatic nitrogens is 3. The van der Waals surface area contributed by atoms with Gasteiger partial charge in [-0.2, -0.15) is 0 Å². The monoisotopic (exact) mass is 649 g/mol. The van der Waals surface area contributed by atoms with E-state index in [9.17, 15) is 0 Å². The Hall–Kier alpha value is -6.84. The first-order valence-corrected chi connectivity index (χ1v) is 17.3. The van der Waals surface area contributed by atoms with Crippen molar-refractivity contribution in [1.82, 2.24) is 14.5 Å². The quantitative estimate of drug-likeness (QED) is 0.174. The molecule has 10 aromatic rings. The van der Waals surface area contributed by atoms with Crippen molar-refractivity contribution in [1.29, 1.82) is 0 Å². The summed E-state index contributed by atoms with van der Waals surface area (Å²) in [4.78, 5) is 9.75. The van der Waals surface area contributed by atoms with E-state index in [1.165, 1.54) is 54.9 Å². The third-order valence-corrected chi connectivity index (χ3v) is 10.1. The fraction of sp³-hybridized carbons (Fsp3) is 0. The lowest BCUT2D eigenvalue weighted by Gasteiger charge is -2.18. The first kappa shape index (κ1) is 29.1. The molecule has 3 heteroatoms. The van der Waals surface area contributed by atoms with Gasteiger partial charge in [0.2, 0.25) is 0 Å². The molecule has 10 rings (SSSR count). The van der Waals surface area contributed by atoms with Gasteiger partial charge in [0.15, 0.2) is 0 Å². The van der Waals surface area contributed by atoms with Crippen molar-refractivity contribution in [3.8, 4) is 50.5 Å². The molecule has 0 amide bonds. The number of benzene rings is 7. The van der Waals surface area contributed by atoms with Gasteiger partial charge in [-0.05, 0) is 85.3 Å². The SMILES string of the molecule is c1ccc(-c2ccc3c(c2)c2cnccc2n3-c2cccc(-c3ccc(-c4c5ccccc5c(-c5ccccc5)c5ccccc45)cc3)n2)cc1. The van der Waals surface area contributed by atoms with Gasteiger partial charge in [0.1, 0.15) is 5.82 Å². The summed E-state index contributed by atoms with van der Waals surface area (Å²) in [5.41, 5.74) is 11.5. The predicted molar refractivity (Wildman–Crippen MR) is 213 cm³/mol. The highest BCUT2D eigenvalue weighted by atomic mass is 15.1. The van der Waals surface area contributed by atoms with Crippen LogP contribution in [0, 0.1) is 0 Å². The molecule has 3 heterocycles. The summed E-state index contributed by atoms with van der Waals surface area (Å²) >= 11 is 0. The van der Waals surface area contributed by atoms with Crippen molar-refractivity contribution in [3.63, 3.8) is 0 Å². The molecule has 0 unspecified atom stereocenters. The Bertz CT molecular complexity index is 2830. The number of nitrogens with zero attached hydrogens (tertiary/aromatic N) is 3. The maximum atomic E-state index is 5.26.